The number of hydrogen-bond donors (Lipinski definition) is 0. The van der Waals surface area contributed by atoms with Crippen molar-refractivity contribution in [3.63, 3.8) is 0 Å². The smallest absolute Gasteiger partial charge is 0.416 e. The fourth-order valence-electron chi connectivity index (χ4n) is 13.6. The Morgan fingerprint density at radius 2 is 0.458 bits per heavy atom. The number of benzene rings is 16. The number of anilines is 12. The molecule has 0 atom stereocenters. The van der Waals surface area contributed by atoms with Crippen LogP contribution < -0.4 is 33.8 Å². The molecule has 0 N–H and O–H groups in total. The predicted molar refractivity (Wildman–Crippen MR) is 393 cm³/mol. The van der Waals surface area contributed by atoms with Gasteiger partial charge in [-0.3, -0.25) is 0 Å². The number of halogens is 3. The van der Waals surface area contributed by atoms with Crippen LogP contribution in [0.5, 0.6) is 17.2 Å². The quantitative estimate of drug-likeness (QED) is 0.0948. The van der Waals surface area contributed by atoms with Gasteiger partial charge in [-0.25, -0.2) is 0 Å². The van der Waals surface area contributed by atoms with Crippen molar-refractivity contribution in [2.24, 2.45) is 0 Å². The van der Waals surface area contributed by atoms with Crippen molar-refractivity contribution >= 4 is 133 Å². The SMILES string of the molecule is COc1ccc(N(c2ccc(C)cc2)c2ccc3ccc4c(N(c5ccc(OC)cc5)c5ccc(OC)cc5)ccc5ccc2c3c54)cc1.Cc1ccc(N(c2ccccc2)c2ccc3ccc4c(N(c5ccccc5)c5ccc(C(F)(F)F)cc5)ccc5ccc2c3c54)cc1. The van der Waals surface area contributed by atoms with E-state index in [0.29, 0.717) is 5.69 Å². The largest absolute Gasteiger partial charge is 0.497 e. The van der Waals surface area contributed by atoms with Crippen molar-refractivity contribution in [2.75, 3.05) is 40.9 Å². The lowest BCUT2D eigenvalue weighted by molar-refractivity contribution is -0.137. The highest BCUT2D eigenvalue weighted by Gasteiger charge is 2.31. The zero-order valence-corrected chi connectivity index (χ0v) is 53.5. The first kappa shape index (κ1) is 60.2. The number of rotatable bonds is 15. The number of hydrogen-bond acceptors (Lipinski definition) is 7. The van der Waals surface area contributed by atoms with E-state index in [-0.39, 0.29) is 0 Å². The van der Waals surface area contributed by atoms with Gasteiger partial charge in [0, 0.05) is 67.0 Å². The van der Waals surface area contributed by atoms with E-state index < -0.39 is 11.7 Å². The molecule has 16 aromatic carbocycles. The topological polar surface area (TPSA) is 40.7 Å². The van der Waals surface area contributed by atoms with E-state index in [4.69, 9.17) is 14.2 Å². The number of methoxy groups -OCH3 is 3. The molecule has 0 aliphatic carbocycles. The molecule has 468 valence electrons. The van der Waals surface area contributed by atoms with Gasteiger partial charge in [0.05, 0.1) is 49.6 Å². The lowest BCUT2D eigenvalue weighted by atomic mass is 9.91. The lowest BCUT2D eigenvalue weighted by Crippen LogP contribution is -2.12. The summed E-state index contributed by atoms with van der Waals surface area (Å²) >= 11 is 0. The fraction of sp³-hybridized carbons (Fsp3) is 0.0698. The van der Waals surface area contributed by atoms with E-state index in [2.05, 4.69) is 235 Å². The Hall–Kier alpha value is -12.0. The minimum atomic E-state index is -4.41. The van der Waals surface area contributed by atoms with Crippen molar-refractivity contribution in [1.29, 1.82) is 0 Å². The number of ether oxygens (including phenoxy) is 3. The second-order valence-corrected chi connectivity index (χ2v) is 24.0. The summed E-state index contributed by atoms with van der Waals surface area (Å²) < 4.78 is 57.1. The van der Waals surface area contributed by atoms with Crippen LogP contribution in [-0.4, -0.2) is 21.3 Å². The summed E-state index contributed by atoms with van der Waals surface area (Å²) in [6.45, 7) is 4.21. The Labute approximate surface area is 555 Å². The molecule has 0 spiro atoms. The van der Waals surface area contributed by atoms with Crippen LogP contribution in [0.1, 0.15) is 16.7 Å². The third kappa shape index (κ3) is 11.1. The van der Waals surface area contributed by atoms with Crippen LogP contribution in [0.25, 0.3) is 64.6 Å². The Morgan fingerprint density at radius 1 is 0.240 bits per heavy atom. The van der Waals surface area contributed by atoms with Crippen LogP contribution in [-0.2, 0) is 6.18 Å². The summed E-state index contributed by atoms with van der Waals surface area (Å²) in [6, 6.07) is 103. The monoisotopic (exact) mass is 1260 g/mol. The van der Waals surface area contributed by atoms with Gasteiger partial charge in [0.25, 0.3) is 0 Å². The van der Waals surface area contributed by atoms with Crippen molar-refractivity contribution in [2.45, 2.75) is 20.0 Å². The summed E-state index contributed by atoms with van der Waals surface area (Å²) in [6.07, 6.45) is -4.41. The van der Waals surface area contributed by atoms with Gasteiger partial charge in [-0.15, -0.1) is 0 Å². The zero-order valence-electron chi connectivity index (χ0n) is 53.5. The van der Waals surface area contributed by atoms with E-state index in [9.17, 15) is 13.2 Å². The minimum Gasteiger partial charge on any atom is -0.497 e. The van der Waals surface area contributed by atoms with E-state index in [0.717, 1.165) is 124 Å². The molecule has 0 aromatic heterocycles. The molecule has 0 bridgehead atoms. The second kappa shape index (κ2) is 25.1. The summed E-state index contributed by atoms with van der Waals surface area (Å²) in [5.74, 6) is 2.46. The summed E-state index contributed by atoms with van der Waals surface area (Å²) in [7, 11) is 5.09. The van der Waals surface area contributed by atoms with Gasteiger partial charge in [0.2, 0.25) is 0 Å². The number of nitrogens with zero attached hydrogens (tertiary/aromatic N) is 4. The number of alkyl halides is 3. The van der Waals surface area contributed by atoms with Gasteiger partial charge in [-0.1, -0.05) is 145 Å². The van der Waals surface area contributed by atoms with Gasteiger partial charge < -0.3 is 33.8 Å². The van der Waals surface area contributed by atoms with E-state index in [1.807, 2.05) is 77.7 Å². The molecule has 0 saturated carbocycles. The van der Waals surface area contributed by atoms with E-state index in [1.54, 1.807) is 33.5 Å². The Balaban J connectivity index is 0.000000158. The number of para-hydroxylation sites is 2. The first-order valence-electron chi connectivity index (χ1n) is 31.9. The molecule has 0 amide bonds. The normalized spacial score (nSPS) is 11.5. The average molecular weight is 1260 g/mol. The van der Waals surface area contributed by atoms with E-state index >= 15 is 0 Å². The third-order valence-corrected chi connectivity index (χ3v) is 18.3. The highest BCUT2D eigenvalue weighted by molar-refractivity contribution is 6.29. The Bertz CT molecular complexity index is 5360. The molecule has 0 fully saturated rings. The lowest BCUT2D eigenvalue weighted by Gasteiger charge is -2.29. The van der Waals surface area contributed by atoms with E-state index in [1.165, 1.54) is 43.4 Å². The first-order valence-corrected chi connectivity index (χ1v) is 31.9. The van der Waals surface area contributed by atoms with Crippen molar-refractivity contribution in [3.8, 4) is 17.2 Å². The molecule has 0 aliphatic rings. The highest BCUT2D eigenvalue weighted by atomic mass is 19.4. The van der Waals surface area contributed by atoms with Gasteiger partial charge in [-0.05, 0) is 227 Å². The first-order chi connectivity index (χ1) is 46.9. The van der Waals surface area contributed by atoms with Crippen LogP contribution >= 0.6 is 0 Å². The molecular formula is C86H65F3N4O3. The summed E-state index contributed by atoms with van der Waals surface area (Å²) in [5.41, 5.74) is 13.8. The van der Waals surface area contributed by atoms with Crippen LogP contribution in [0.2, 0.25) is 0 Å². The Morgan fingerprint density at radius 3 is 0.698 bits per heavy atom. The maximum atomic E-state index is 13.5. The number of aryl methyl sites for hydroxylation is 2. The van der Waals surface area contributed by atoms with Gasteiger partial charge in [0.15, 0.2) is 0 Å². The molecule has 7 nitrogen and oxygen atoms in total. The molecule has 16 aromatic rings. The summed E-state index contributed by atoms with van der Waals surface area (Å²) in [4.78, 5) is 8.98. The van der Waals surface area contributed by atoms with Crippen LogP contribution in [0.3, 0.4) is 0 Å². The molecule has 0 saturated heterocycles. The maximum Gasteiger partial charge on any atom is 0.416 e. The van der Waals surface area contributed by atoms with Crippen LogP contribution in [0.4, 0.5) is 81.4 Å². The Kier molecular flexibility index (Phi) is 15.8. The standard InChI is InChI=1S/C44H36N2O3.C42H29F3N2/c1-29-5-11-32(12-6-29)45(33-13-19-36(47-2)20-14-33)41-27-9-30-8-26-40-42(28-10-31-7-25-39(41)43(30)44(31)40)46(34-15-21-37(48-3)22-16-34)35-17-23-38(49-4)24-18-35;1-28-12-20-34(21-13-28)46(32-8-4-2-5-9-32)38-26-16-29-15-25-37-39(27-17-30-14-24-36(38)40(29)41(30)37)47(33-10-6-3-7-11-33)35-22-18-31(19-23-35)42(43,44)45/h5-28H,1-4H3;2-27H,1H3. The highest BCUT2D eigenvalue weighted by Crippen LogP contribution is 2.51. The zero-order chi connectivity index (χ0) is 65.6. The van der Waals surface area contributed by atoms with Gasteiger partial charge in [0.1, 0.15) is 17.2 Å². The van der Waals surface area contributed by atoms with Gasteiger partial charge >= 0.3 is 6.18 Å². The molecule has 96 heavy (non-hydrogen) atoms. The predicted octanol–water partition coefficient (Wildman–Crippen LogP) is 24.7. The molecule has 0 heterocycles. The molecule has 0 aliphatic heterocycles. The fourth-order valence-corrected chi connectivity index (χ4v) is 13.6. The molecule has 16 rings (SSSR count). The second-order valence-electron chi connectivity index (χ2n) is 24.0. The molecule has 10 heteroatoms. The van der Waals surface area contributed by atoms with Crippen LogP contribution in [0.15, 0.2) is 303 Å². The maximum absolute atomic E-state index is 13.5. The van der Waals surface area contributed by atoms with Gasteiger partial charge in [-0.2, -0.15) is 13.2 Å². The van der Waals surface area contributed by atoms with Crippen molar-refractivity contribution in [1.82, 2.24) is 0 Å². The minimum absolute atomic E-state index is 0.648. The molecular weight excluding hydrogens is 1190 g/mol. The average Bonchev–Trinajstić information content (AvgIpc) is 0.728. The van der Waals surface area contributed by atoms with Crippen LogP contribution in [0, 0.1) is 13.8 Å². The van der Waals surface area contributed by atoms with Crippen molar-refractivity contribution in [3.05, 3.63) is 320 Å². The third-order valence-electron chi connectivity index (χ3n) is 18.3. The van der Waals surface area contributed by atoms with Crippen molar-refractivity contribution < 1.29 is 27.4 Å². The molecule has 0 radical (unpaired) electrons. The molecule has 0 unspecified atom stereocenters. The summed E-state index contributed by atoms with van der Waals surface area (Å²) in [5, 5.41) is 13.8.